The third-order valence-corrected chi connectivity index (χ3v) is 7.24. The van der Waals surface area contributed by atoms with E-state index in [4.69, 9.17) is 23.7 Å². The van der Waals surface area contributed by atoms with Gasteiger partial charge in [0.15, 0.2) is 6.10 Å². The van der Waals surface area contributed by atoms with E-state index in [1.54, 1.807) is 20.8 Å². The molecule has 0 aromatic heterocycles. The molecule has 0 unspecified atom stereocenters. The lowest BCUT2D eigenvalue weighted by Crippen LogP contribution is -2.61. The maximum absolute atomic E-state index is 12.8. The largest absolute Gasteiger partial charge is 0.479 e. The van der Waals surface area contributed by atoms with E-state index in [0.29, 0.717) is 5.56 Å². The van der Waals surface area contributed by atoms with Gasteiger partial charge in [0.25, 0.3) is 11.8 Å². The van der Waals surface area contributed by atoms with Gasteiger partial charge < -0.3 is 54.7 Å². The fraction of sp³-hybridized carbons (Fsp3) is 0.562. The first-order valence-electron chi connectivity index (χ1n) is 15.7. The maximum Gasteiger partial charge on any atom is 0.335 e. The van der Waals surface area contributed by atoms with Crippen LogP contribution in [0.25, 0.3) is 0 Å². The van der Waals surface area contributed by atoms with Crippen molar-refractivity contribution in [2.24, 2.45) is 5.41 Å². The van der Waals surface area contributed by atoms with Gasteiger partial charge in [0.05, 0.1) is 44.1 Å². The van der Waals surface area contributed by atoms with Crippen LogP contribution in [0, 0.1) is 5.41 Å². The molecule has 1 fully saturated rings. The second kappa shape index (κ2) is 18.5. The number of rotatable bonds is 18. The molecule has 2 heterocycles. The zero-order chi connectivity index (χ0) is 37.0. The normalized spacial score (nSPS) is 22.0. The van der Waals surface area contributed by atoms with Gasteiger partial charge in [0.1, 0.15) is 30.7 Å². The number of carboxylic acid groups (broad SMARTS) is 1. The Bertz CT molecular complexity index is 1410. The molecule has 18 heteroatoms. The second-order valence-corrected chi connectivity index (χ2v) is 12.3. The predicted octanol–water partition coefficient (Wildman–Crippen LogP) is -1.16. The number of nitrogens with zero attached hydrogens (tertiary/aromatic N) is 1. The molecular weight excluding hydrogens is 666 g/mol. The number of hydrogen-bond acceptors (Lipinski definition) is 14. The van der Waals surface area contributed by atoms with Gasteiger partial charge in [-0.15, -0.1) is 0 Å². The number of ether oxygens (including phenoxy) is 5. The molecule has 0 aliphatic carbocycles. The monoisotopic (exact) mass is 709 g/mol. The number of hydrogen-bond donors (Lipinski definition) is 6. The number of benzene rings is 1. The lowest BCUT2D eigenvalue weighted by molar-refractivity contribution is -0.271. The Morgan fingerprint density at radius 3 is 2.18 bits per heavy atom. The van der Waals surface area contributed by atoms with Crippen LogP contribution in [0.4, 0.5) is 5.69 Å². The second-order valence-electron chi connectivity index (χ2n) is 12.3. The van der Waals surface area contributed by atoms with Gasteiger partial charge in [-0.1, -0.05) is 6.07 Å². The molecule has 6 N–H and O–H groups in total. The van der Waals surface area contributed by atoms with E-state index in [2.05, 4.69) is 10.6 Å². The van der Waals surface area contributed by atoms with Crippen molar-refractivity contribution in [3.63, 3.8) is 0 Å². The van der Waals surface area contributed by atoms with Crippen molar-refractivity contribution in [3.05, 3.63) is 35.9 Å². The summed E-state index contributed by atoms with van der Waals surface area (Å²) in [5.74, 6) is -3.95. The summed E-state index contributed by atoms with van der Waals surface area (Å²) in [5.41, 5.74) is -0.328. The van der Waals surface area contributed by atoms with Crippen LogP contribution in [0.3, 0.4) is 0 Å². The van der Waals surface area contributed by atoms with E-state index in [9.17, 15) is 49.2 Å². The van der Waals surface area contributed by atoms with Gasteiger partial charge in [-0.25, -0.2) is 4.79 Å². The van der Waals surface area contributed by atoms with Crippen LogP contribution in [0.5, 0.6) is 5.75 Å². The molecule has 4 amide bonds. The van der Waals surface area contributed by atoms with Crippen molar-refractivity contribution < 1.29 is 72.9 Å². The Morgan fingerprint density at radius 1 is 0.880 bits per heavy atom. The molecule has 2 aliphatic heterocycles. The molecule has 5 atom stereocenters. The molecule has 0 radical (unpaired) electrons. The van der Waals surface area contributed by atoms with Gasteiger partial charge in [0, 0.05) is 31.5 Å². The average molecular weight is 710 g/mol. The fourth-order valence-electron chi connectivity index (χ4n) is 4.42. The number of aliphatic hydroxyl groups excluding tert-OH is 3. The van der Waals surface area contributed by atoms with Crippen LogP contribution >= 0.6 is 0 Å². The molecule has 3 rings (SSSR count). The number of carbonyl (C=O) groups is 6. The SMILES string of the molecule is CC(C)(C)C(=O)OCc1ccc(O[C@@H]2O[C@H](C(=O)O)[C@H](O)[C@H](O)[C@@H]2O)c(NC(=O)CCNC(=O)CCOCCOCCN2C(=O)C=CC2=O)c1. The van der Waals surface area contributed by atoms with E-state index in [-0.39, 0.29) is 76.3 Å². The molecule has 1 saturated heterocycles. The van der Waals surface area contributed by atoms with E-state index >= 15 is 0 Å². The first-order chi connectivity index (χ1) is 23.6. The molecule has 276 valence electrons. The summed E-state index contributed by atoms with van der Waals surface area (Å²) in [7, 11) is 0. The van der Waals surface area contributed by atoms with Crippen LogP contribution in [-0.4, -0.2) is 131 Å². The van der Waals surface area contributed by atoms with Gasteiger partial charge >= 0.3 is 11.9 Å². The number of imide groups is 1. The highest BCUT2D eigenvalue weighted by molar-refractivity contribution is 6.12. The molecule has 2 aliphatic rings. The highest BCUT2D eigenvalue weighted by Crippen LogP contribution is 2.31. The zero-order valence-corrected chi connectivity index (χ0v) is 27.9. The Labute approximate surface area is 287 Å². The first-order valence-corrected chi connectivity index (χ1v) is 15.7. The minimum atomic E-state index is -1.94. The van der Waals surface area contributed by atoms with Gasteiger partial charge in [-0.3, -0.25) is 28.9 Å². The lowest BCUT2D eigenvalue weighted by Gasteiger charge is -2.38. The fourth-order valence-corrected chi connectivity index (χ4v) is 4.42. The minimum absolute atomic E-state index is 0.00100. The maximum atomic E-state index is 12.8. The quantitative estimate of drug-likeness (QED) is 0.0597. The van der Waals surface area contributed by atoms with Gasteiger partial charge in [-0.05, 0) is 38.5 Å². The molecule has 1 aromatic carbocycles. The highest BCUT2D eigenvalue weighted by atomic mass is 16.7. The summed E-state index contributed by atoms with van der Waals surface area (Å²) >= 11 is 0. The topological polar surface area (TPSA) is 257 Å². The van der Waals surface area contributed by atoms with Crippen molar-refractivity contribution in [1.82, 2.24) is 10.2 Å². The number of aliphatic hydroxyl groups is 3. The number of esters is 1. The van der Waals surface area contributed by atoms with E-state index in [0.717, 1.165) is 4.90 Å². The Morgan fingerprint density at radius 2 is 1.54 bits per heavy atom. The number of nitrogens with one attached hydrogen (secondary N) is 2. The van der Waals surface area contributed by atoms with Crippen molar-refractivity contribution in [3.8, 4) is 5.75 Å². The molecule has 0 spiro atoms. The first kappa shape index (κ1) is 40.0. The van der Waals surface area contributed by atoms with Crippen molar-refractivity contribution >= 4 is 41.3 Å². The number of carboxylic acids is 1. The number of anilines is 1. The number of amides is 4. The number of aliphatic carboxylic acids is 1. The molecule has 50 heavy (non-hydrogen) atoms. The summed E-state index contributed by atoms with van der Waals surface area (Å²) in [6, 6.07) is 4.25. The van der Waals surface area contributed by atoms with Crippen LogP contribution < -0.4 is 15.4 Å². The third kappa shape index (κ3) is 11.9. The van der Waals surface area contributed by atoms with Crippen LogP contribution in [0.1, 0.15) is 39.2 Å². The van der Waals surface area contributed by atoms with E-state index < -0.39 is 65.8 Å². The summed E-state index contributed by atoms with van der Waals surface area (Å²) < 4.78 is 26.8. The van der Waals surface area contributed by atoms with Crippen LogP contribution in [-0.2, 0) is 54.3 Å². The average Bonchev–Trinajstić information content (AvgIpc) is 3.37. The Kier molecular flexibility index (Phi) is 14.8. The molecule has 1 aromatic rings. The van der Waals surface area contributed by atoms with Gasteiger partial charge in [0.2, 0.25) is 18.1 Å². The Hall–Kier alpha value is -4.46. The zero-order valence-electron chi connectivity index (χ0n) is 27.9. The van der Waals surface area contributed by atoms with E-state index in [1.807, 2.05) is 0 Å². The Balaban J connectivity index is 1.48. The summed E-state index contributed by atoms with van der Waals surface area (Å²) in [4.78, 5) is 72.8. The van der Waals surface area contributed by atoms with Crippen LogP contribution in [0.15, 0.2) is 30.4 Å². The summed E-state index contributed by atoms with van der Waals surface area (Å²) in [6.07, 6.45) is -7.21. The molecule has 0 saturated carbocycles. The van der Waals surface area contributed by atoms with E-state index in [1.165, 1.54) is 30.4 Å². The predicted molar refractivity (Wildman–Crippen MR) is 169 cm³/mol. The minimum Gasteiger partial charge on any atom is -0.479 e. The lowest BCUT2D eigenvalue weighted by atomic mass is 9.97. The molecule has 0 bridgehead atoms. The van der Waals surface area contributed by atoms with Gasteiger partial charge in [-0.2, -0.15) is 0 Å². The van der Waals surface area contributed by atoms with Crippen molar-refractivity contribution in [2.45, 2.75) is 70.9 Å². The smallest absolute Gasteiger partial charge is 0.335 e. The van der Waals surface area contributed by atoms with Crippen molar-refractivity contribution in [2.75, 3.05) is 44.8 Å². The summed E-state index contributed by atoms with van der Waals surface area (Å²) in [5, 5.41) is 45.0. The highest BCUT2D eigenvalue weighted by Gasteiger charge is 2.48. The third-order valence-electron chi connectivity index (χ3n) is 7.24. The standard InChI is InChI=1S/C32H43N3O15/c1-32(2,3)31(45)48-17-18-4-5-20(49-30-27(42)25(40)26(41)28(50-30)29(43)44)19(16-18)34-22(37)8-10-33-21(36)9-12-46-14-15-47-13-11-35-23(38)6-7-24(35)39/h4-7,16,25-28,30,40-42H,8-15,17H2,1-3H3,(H,33,36)(H,34,37)(H,43,44)/t25-,26+,27-,28-,30+/m0/s1. The summed E-state index contributed by atoms with van der Waals surface area (Å²) in [6.45, 7) is 5.51. The van der Waals surface area contributed by atoms with Crippen LogP contribution in [0.2, 0.25) is 0 Å². The molecular formula is C32H43N3O15. The number of carbonyl (C=O) groups excluding carboxylic acids is 5. The van der Waals surface area contributed by atoms with Crippen molar-refractivity contribution in [1.29, 1.82) is 0 Å². The molecule has 18 nitrogen and oxygen atoms in total.